The zero-order valence-electron chi connectivity index (χ0n) is 12.1. The Bertz CT molecular complexity index is 179. The molecule has 0 aliphatic carbocycles. The predicted octanol–water partition coefficient (Wildman–Crippen LogP) is -0.885. The quantitative estimate of drug-likeness (QED) is 0.505. The van der Waals surface area contributed by atoms with Crippen molar-refractivity contribution in [1.82, 2.24) is 4.90 Å². The van der Waals surface area contributed by atoms with Gasteiger partial charge >= 0.3 is 0 Å². The molecular formula is C12H27NO6. The molecule has 0 rings (SSSR count). The molecule has 0 aromatic rings. The lowest BCUT2D eigenvalue weighted by atomic mass is 10.7. The van der Waals surface area contributed by atoms with E-state index in [1.165, 1.54) is 11.8 Å². The summed E-state index contributed by atoms with van der Waals surface area (Å²) >= 11 is 0. The highest BCUT2D eigenvalue weighted by atomic mass is 16.5. The number of aliphatic hydroxyl groups is 2. The molecule has 0 aliphatic rings. The minimum absolute atomic E-state index is 0.0413. The van der Waals surface area contributed by atoms with E-state index in [0.29, 0.717) is 39.6 Å². The van der Waals surface area contributed by atoms with Crippen molar-refractivity contribution in [3.8, 4) is 0 Å². The van der Waals surface area contributed by atoms with Crippen LogP contribution >= 0.6 is 0 Å². The van der Waals surface area contributed by atoms with Crippen molar-refractivity contribution in [3.05, 3.63) is 0 Å². The Hall–Kier alpha value is -0.730. The van der Waals surface area contributed by atoms with Crippen molar-refractivity contribution < 1.29 is 29.2 Å². The number of aliphatic hydroxyl groups excluding tert-OH is 2. The van der Waals surface area contributed by atoms with Gasteiger partial charge in [0.15, 0.2) is 0 Å². The fourth-order valence-electron chi connectivity index (χ4n) is 0.671. The Morgan fingerprint density at radius 3 is 1.32 bits per heavy atom. The molecule has 0 aromatic heterocycles. The molecule has 19 heavy (non-hydrogen) atoms. The molecule has 7 heteroatoms. The van der Waals surface area contributed by atoms with Crippen LogP contribution in [0.3, 0.4) is 0 Å². The van der Waals surface area contributed by atoms with E-state index in [4.69, 9.17) is 24.4 Å². The van der Waals surface area contributed by atoms with Gasteiger partial charge in [0.1, 0.15) is 0 Å². The first-order valence-corrected chi connectivity index (χ1v) is 6.19. The Balaban J connectivity index is 0. The number of ether oxygens (including phenoxy) is 3. The third-order valence-electron chi connectivity index (χ3n) is 1.85. The van der Waals surface area contributed by atoms with Gasteiger partial charge in [0, 0.05) is 21.0 Å². The maximum absolute atomic E-state index is 10.1. The van der Waals surface area contributed by atoms with Gasteiger partial charge in [0.05, 0.1) is 52.9 Å². The number of hydrogen-bond acceptors (Lipinski definition) is 6. The van der Waals surface area contributed by atoms with Gasteiger partial charge in [-0.05, 0) is 0 Å². The van der Waals surface area contributed by atoms with Gasteiger partial charge in [0.2, 0.25) is 5.91 Å². The van der Waals surface area contributed by atoms with Crippen molar-refractivity contribution in [2.45, 2.75) is 6.92 Å². The Labute approximate surface area is 115 Å². The highest BCUT2D eigenvalue weighted by molar-refractivity contribution is 5.72. The molecule has 0 heterocycles. The van der Waals surface area contributed by atoms with Crippen LogP contribution in [0.2, 0.25) is 0 Å². The number of nitrogens with zero attached hydrogens (tertiary/aromatic N) is 1. The maximum atomic E-state index is 10.1. The van der Waals surface area contributed by atoms with Crippen LogP contribution < -0.4 is 0 Å². The van der Waals surface area contributed by atoms with Crippen LogP contribution in [-0.2, 0) is 19.0 Å². The summed E-state index contributed by atoms with van der Waals surface area (Å²) in [6.45, 7) is 4.29. The zero-order valence-corrected chi connectivity index (χ0v) is 12.1. The minimum atomic E-state index is 0.0413. The lowest BCUT2D eigenvalue weighted by Crippen LogP contribution is -2.17. The van der Waals surface area contributed by atoms with E-state index in [1.54, 1.807) is 14.1 Å². The van der Waals surface area contributed by atoms with Crippen LogP contribution in [-0.4, -0.2) is 88.0 Å². The third kappa shape index (κ3) is 22.9. The molecule has 0 spiro atoms. The SMILES string of the molecule is CC(=O)N(C)C.OCCOCCOCCOCCO. The van der Waals surface area contributed by atoms with Crippen molar-refractivity contribution in [1.29, 1.82) is 0 Å². The average Bonchev–Trinajstić information content (AvgIpc) is 2.37. The molecule has 0 saturated carbocycles. The number of carbonyl (C=O) groups excluding carboxylic acids is 1. The topological polar surface area (TPSA) is 88.5 Å². The molecule has 0 aromatic carbocycles. The highest BCUT2D eigenvalue weighted by Crippen LogP contribution is 1.80. The van der Waals surface area contributed by atoms with Gasteiger partial charge in [-0.15, -0.1) is 0 Å². The van der Waals surface area contributed by atoms with Gasteiger partial charge in [-0.25, -0.2) is 0 Å². The third-order valence-corrected chi connectivity index (χ3v) is 1.85. The molecule has 0 radical (unpaired) electrons. The fraction of sp³-hybridized carbons (Fsp3) is 0.917. The normalized spacial score (nSPS) is 9.74. The van der Waals surface area contributed by atoms with E-state index in [-0.39, 0.29) is 19.1 Å². The standard InChI is InChI=1S/C8H18O5.C4H9NO/c9-1-3-11-5-7-13-8-6-12-4-2-10;1-4(6)5(2)3/h9-10H,1-8H2;1-3H3. The summed E-state index contributed by atoms with van der Waals surface area (Å²) in [5.74, 6) is 0.0926. The predicted molar refractivity (Wildman–Crippen MR) is 71.0 cm³/mol. The molecular weight excluding hydrogens is 254 g/mol. The Morgan fingerprint density at radius 2 is 1.11 bits per heavy atom. The van der Waals surface area contributed by atoms with Crippen molar-refractivity contribution in [2.75, 3.05) is 67.0 Å². The van der Waals surface area contributed by atoms with E-state index in [2.05, 4.69) is 0 Å². The maximum Gasteiger partial charge on any atom is 0.218 e. The summed E-state index contributed by atoms with van der Waals surface area (Å²) < 4.78 is 15.0. The summed E-state index contributed by atoms with van der Waals surface area (Å²) in [6.07, 6.45) is 0. The number of carbonyl (C=O) groups is 1. The minimum Gasteiger partial charge on any atom is -0.394 e. The van der Waals surface area contributed by atoms with Gasteiger partial charge in [-0.2, -0.15) is 0 Å². The average molecular weight is 281 g/mol. The van der Waals surface area contributed by atoms with Crippen LogP contribution in [0.1, 0.15) is 6.92 Å². The zero-order chi connectivity index (χ0) is 14.9. The molecule has 2 N–H and O–H groups in total. The molecule has 116 valence electrons. The Kier molecular flexibility index (Phi) is 18.7. The summed E-state index contributed by atoms with van der Waals surface area (Å²) in [4.78, 5) is 11.6. The largest absolute Gasteiger partial charge is 0.394 e. The molecule has 0 bridgehead atoms. The summed E-state index contributed by atoms with van der Waals surface area (Å²) in [6, 6.07) is 0. The molecule has 0 fully saturated rings. The first kappa shape index (κ1) is 20.6. The molecule has 0 aliphatic heterocycles. The lowest BCUT2D eigenvalue weighted by Gasteiger charge is -2.04. The molecule has 7 nitrogen and oxygen atoms in total. The van der Waals surface area contributed by atoms with Crippen molar-refractivity contribution >= 4 is 5.91 Å². The van der Waals surface area contributed by atoms with Crippen LogP contribution in [0.4, 0.5) is 0 Å². The van der Waals surface area contributed by atoms with Crippen LogP contribution in [0.15, 0.2) is 0 Å². The van der Waals surface area contributed by atoms with Gasteiger partial charge in [0.25, 0.3) is 0 Å². The van der Waals surface area contributed by atoms with E-state index in [9.17, 15) is 4.79 Å². The van der Waals surface area contributed by atoms with Gasteiger partial charge < -0.3 is 29.3 Å². The molecule has 0 saturated heterocycles. The lowest BCUT2D eigenvalue weighted by molar-refractivity contribution is -0.126. The van der Waals surface area contributed by atoms with Crippen molar-refractivity contribution in [2.24, 2.45) is 0 Å². The smallest absolute Gasteiger partial charge is 0.218 e. The second-order valence-corrected chi connectivity index (χ2v) is 3.70. The number of hydrogen-bond donors (Lipinski definition) is 2. The number of rotatable bonds is 10. The molecule has 1 amide bonds. The van der Waals surface area contributed by atoms with Gasteiger partial charge in [-0.3, -0.25) is 4.79 Å². The molecule has 0 atom stereocenters. The number of amides is 1. The van der Waals surface area contributed by atoms with E-state index < -0.39 is 0 Å². The first-order valence-electron chi connectivity index (χ1n) is 6.19. The van der Waals surface area contributed by atoms with Crippen molar-refractivity contribution in [3.63, 3.8) is 0 Å². The first-order chi connectivity index (χ1) is 9.06. The van der Waals surface area contributed by atoms with E-state index >= 15 is 0 Å². The monoisotopic (exact) mass is 281 g/mol. The van der Waals surface area contributed by atoms with Gasteiger partial charge in [-0.1, -0.05) is 0 Å². The van der Waals surface area contributed by atoms with E-state index in [1.807, 2.05) is 0 Å². The second kappa shape index (κ2) is 17.3. The fourth-order valence-corrected chi connectivity index (χ4v) is 0.671. The van der Waals surface area contributed by atoms with Crippen LogP contribution in [0.25, 0.3) is 0 Å². The highest BCUT2D eigenvalue weighted by Gasteiger charge is 1.90. The molecule has 0 unspecified atom stereocenters. The Morgan fingerprint density at radius 1 is 0.842 bits per heavy atom. The van der Waals surface area contributed by atoms with Crippen LogP contribution in [0.5, 0.6) is 0 Å². The summed E-state index contributed by atoms with van der Waals surface area (Å²) in [5.41, 5.74) is 0. The van der Waals surface area contributed by atoms with E-state index in [0.717, 1.165) is 0 Å². The summed E-state index contributed by atoms with van der Waals surface area (Å²) in [7, 11) is 3.45. The second-order valence-electron chi connectivity index (χ2n) is 3.70. The summed E-state index contributed by atoms with van der Waals surface area (Å²) in [5, 5.41) is 16.7. The van der Waals surface area contributed by atoms with Crippen LogP contribution in [0, 0.1) is 0 Å².